The maximum Gasteiger partial charge on any atom is 0.413 e. The highest BCUT2D eigenvalue weighted by Gasteiger charge is 2.46. The molecule has 6 N–H and O–H groups in total. The summed E-state index contributed by atoms with van der Waals surface area (Å²) in [6.07, 6.45) is 4.59. The molecular formula is C62H78Cl4N8O10. The molecule has 4 atom stereocenters. The first kappa shape index (κ1) is 65.0. The van der Waals surface area contributed by atoms with Gasteiger partial charge in [0.05, 0.1) is 13.2 Å². The minimum atomic E-state index is -1.32. The van der Waals surface area contributed by atoms with E-state index < -0.39 is 36.3 Å². The third-order valence-corrected chi connectivity index (χ3v) is 16.0. The number of unbranched alkanes of at least 4 members (excludes halogenated alkanes) is 2. The summed E-state index contributed by atoms with van der Waals surface area (Å²) in [5, 5.41) is 22.5. The fraction of sp³-hybridized carbons (Fsp3) is 0.484. The third-order valence-electron chi connectivity index (χ3n) is 15.3. The molecule has 4 aromatic carbocycles. The molecule has 0 bridgehead atoms. The number of carboxylic acid groups (broad SMARTS) is 1. The van der Waals surface area contributed by atoms with Crippen molar-refractivity contribution >= 4 is 105 Å². The predicted molar refractivity (Wildman–Crippen MR) is 331 cm³/mol. The second-order valence-electron chi connectivity index (χ2n) is 21.1. The van der Waals surface area contributed by atoms with Gasteiger partial charge in [-0.15, -0.1) is 46.4 Å². The number of hydrogen-bond donors (Lipinski definition) is 6. The summed E-state index contributed by atoms with van der Waals surface area (Å²) in [5.74, 6) is 0.294. The molecule has 5 aromatic rings. The molecule has 3 heterocycles. The van der Waals surface area contributed by atoms with Crippen LogP contribution in [-0.4, -0.2) is 145 Å². The quantitative estimate of drug-likeness (QED) is 0.0165. The Balaban J connectivity index is 0.885. The summed E-state index contributed by atoms with van der Waals surface area (Å²) in [7, 11) is 1.43. The van der Waals surface area contributed by atoms with Crippen molar-refractivity contribution in [1.29, 1.82) is 0 Å². The summed E-state index contributed by atoms with van der Waals surface area (Å²) in [6, 6.07) is 24.9. The Kier molecular flexibility index (Phi) is 25.7. The number of ether oxygens (including phenoxy) is 3. The number of nitrogens with one attached hydrogen (secondary N) is 5. The molecule has 2 aliphatic rings. The van der Waals surface area contributed by atoms with E-state index in [1.807, 2.05) is 60.7 Å². The number of carboxylic acids is 1. The highest BCUT2D eigenvalue weighted by atomic mass is 35.5. The van der Waals surface area contributed by atoms with Crippen molar-refractivity contribution < 1.29 is 48.1 Å². The zero-order valence-electron chi connectivity index (χ0n) is 47.8. The number of aliphatic carboxylic acids is 1. The van der Waals surface area contributed by atoms with Crippen LogP contribution < -0.4 is 40.5 Å². The van der Waals surface area contributed by atoms with Gasteiger partial charge >= 0.3 is 18.2 Å². The molecule has 1 aromatic heterocycles. The van der Waals surface area contributed by atoms with Crippen LogP contribution in [0.5, 0.6) is 11.5 Å². The number of carbonyl (C=O) groups excluding carboxylic acids is 5. The average Bonchev–Trinajstić information content (AvgIpc) is 1.88. The number of methoxy groups -OCH3 is 1. The number of benzene rings is 4. The van der Waals surface area contributed by atoms with Crippen LogP contribution in [0.4, 0.5) is 21.0 Å². The maximum atomic E-state index is 13.7. The summed E-state index contributed by atoms with van der Waals surface area (Å²) in [5.41, 5.74) is 8.39. The van der Waals surface area contributed by atoms with E-state index in [-0.39, 0.29) is 61.3 Å². The molecule has 0 radical (unpaired) electrons. The van der Waals surface area contributed by atoms with Crippen molar-refractivity contribution in [3.05, 3.63) is 118 Å². The average molecular weight is 1240 g/mol. The molecule has 0 unspecified atom stereocenters. The van der Waals surface area contributed by atoms with E-state index in [1.165, 1.54) is 7.11 Å². The van der Waals surface area contributed by atoms with Crippen molar-refractivity contribution in [2.75, 3.05) is 86.3 Å². The first-order valence-electron chi connectivity index (χ1n) is 28.9. The Labute approximate surface area is 511 Å². The number of H-pyrrole nitrogens is 1. The summed E-state index contributed by atoms with van der Waals surface area (Å²) < 4.78 is 17.0. The Morgan fingerprint density at radius 1 is 0.726 bits per heavy atom. The first-order chi connectivity index (χ1) is 40.7. The standard InChI is InChI=1S/C62H78Cl4N8O10/c1-41-37-44(57-56-49(39-47-40-83-62(81)74(47)57)48-13-3-4-14-50(48)70-56)38-53(82-2)58(41)84-61(80)71-52(60(78)79)16-6-8-32-68-59(77)51(69-55(76)18-10-12-43-21-25-46(26-22-43)73(35-29-65)36-30-66)15-5-7-31-67-54(75)17-9-11-42-19-23-45(24-20-42)72(33-27-63)34-28-64/h3-4,13-14,19-26,37-38,47,51-52,57,70H,5-12,15-18,27-36,39-40H2,1-2H3,(H,67,75)(H,68,77)(H,69,76)(H,71,80)(H,78,79)/t47-,51-,52-,57+/m0/s1. The Morgan fingerprint density at radius 3 is 1.88 bits per heavy atom. The smallest absolute Gasteiger partial charge is 0.413 e. The van der Waals surface area contributed by atoms with Crippen molar-refractivity contribution in [1.82, 2.24) is 31.2 Å². The van der Waals surface area contributed by atoms with Gasteiger partial charge in [-0.1, -0.05) is 42.5 Å². The molecule has 22 heteroatoms. The van der Waals surface area contributed by atoms with Gasteiger partial charge in [-0.05, 0) is 148 Å². The van der Waals surface area contributed by atoms with E-state index in [2.05, 4.69) is 54.3 Å². The lowest BCUT2D eigenvalue weighted by Crippen LogP contribution is -2.47. The topological polar surface area (TPSA) is 224 Å². The second kappa shape index (κ2) is 33.2. The van der Waals surface area contributed by atoms with Crippen molar-refractivity contribution in [3.63, 3.8) is 0 Å². The first-order valence-corrected chi connectivity index (χ1v) is 31.1. The van der Waals surface area contributed by atoms with E-state index in [9.17, 15) is 33.9 Å². The molecule has 5 amide bonds. The highest BCUT2D eigenvalue weighted by Crippen LogP contribution is 2.45. The predicted octanol–water partition coefficient (Wildman–Crippen LogP) is 10.2. The van der Waals surface area contributed by atoms with E-state index >= 15 is 0 Å². The number of rotatable bonds is 35. The maximum absolute atomic E-state index is 13.7. The minimum absolute atomic E-state index is 0.0293. The Bertz CT molecular complexity index is 2970. The van der Waals surface area contributed by atoms with Crippen molar-refractivity contribution in [2.24, 2.45) is 0 Å². The summed E-state index contributed by atoms with van der Waals surface area (Å²) in [6.45, 7) is 5.35. The lowest BCUT2D eigenvalue weighted by Gasteiger charge is -2.36. The number of anilines is 2. The van der Waals surface area contributed by atoms with Gasteiger partial charge in [0.2, 0.25) is 17.7 Å². The Hall–Kier alpha value is -6.60. The number of aromatic nitrogens is 1. The zero-order chi connectivity index (χ0) is 60.0. The van der Waals surface area contributed by atoms with E-state index in [0.29, 0.717) is 132 Å². The number of para-hydroxylation sites is 1. The van der Waals surface area contributed by atoms with Gasteiger partial charge in [-0.2, -0.15) is 0 Å². The number of aryl methyl sites for hydroxylation is 3. The van der Waals surface area contributed by atoms with E-state index in [0.717, 1.165) is 51.1 Å². The molecule has 1 saturated heterocycles. The van der Waals surface area contributed by atoms with Gasteiger partial charge in [0.1, 0.15) is 24.7 Å². The zero-order valence-corrected chi connectivity index (χ0v) is 50.9. The number of aromatic amines is 1. The number of nitrogens with zero attached hydrogens (tertiary/aromatic N) is 3. The van der Waals surface area contributed by atoms with Gasteiger partial charge in [0, 0.05) is 104 Å². The van der Waals surface area contributed by atoms with Crippen LogP contribution in [0.1, 0.15) is 104 Å². The number of amides is 5. The second-order valence-corrected chi connectivity index (χ2v) is 22.6. The van der Waals surface area contributed by atoms with Gasteiger partial charge in [0.15, 0.2) is 11.5 Å². The fourth-order valence-electron chi connectivity index (χ4n) is 11.0. The van der Waals surface area contributed by atoms with Crippen molar-refractivity contribution in [3.8, 4) is 11.5 Å². The molecular weight excluding hydrogens is 1160 g/mol. The molecule has 0 saturated carbocycles. The molecule has 0 aliphatic carbocycles. The van der Waals surface area contributed by atoms with E-state index in [4.69, 9.17) is 60.6 Å². The number of halogens is 4. The van der Waals surface area contributed by atoms with Crippen LogP contribution in [0.3, 0.4) is 0 Å². The van der Waals surface area contributed by atoms with Crippen molar-refractivity contribution in [2.45, 2.75) is 115 Å². The number of carbonyl (C=O) groups is 6. The monoisotopic (exact) mass is 1230 g/mol. The van der Waals surface area contributed by atoms with Crippen LogP contribution in [0.2, 0.25) is 0 Å². The Morgan fingerprint density at radius 2 is 1.30 bits per heavy atom. The summed E-state index contributed by atoms with van der Waals surface area (Å²) >= 11 is 24.0. The molecule has 0 spiro atoms. The summed E-state index contributed by atoms with van der Waals surface area (Å²) in [4.78, 5) is 88.4. The number of fused-ring (bicyclic) bond motifs is 4. The van der Waals surface area contributed by atoms with Crippen LogP contribution in [0.15, 0.2) is 84.9 Å². The van der Waals surface area contributed by atoms with E-state index in [1.54, 1.807) is 17.9 Å². The lowest BCUT2D eigenvalue weighted by molar-refractivity contribution is -0.139. The highest BCUT2D eigenvalue weighted by molar-refractivity contribution is 6.19. The van der Waals surface area contributed by atoms with Gasteiger partial charge in [0.25, 0.3) is 0 Å². The largest absolute Gasteiger partial charge is 0.493 e. The number of hydrogen-bond acceptors (Lipinski definition) is 11. The lowest BCUT2D eigenvalue weighted by atomic mass is 9.88. The van der Waals surface area contributed by atoms with Crippen LogP contribution in [0.25, 0.3) is 10.9 Å². The number of cyclic esters (lactones) is 1. The molecule has 1 fully saturated rings. The molecule has 454 valence electrons. The molecule has 18 nitrogen and oxygen atoms in total. The van der Waals surface area contributed by atoms with Gasteiger partial charge in [-0.25, -0.2) is 14.4 Å². The normalized spacial score (nSPS) is 15.1. The SMILES string of the molecule is COc1cc([C@@H]2c3[nH]c4ccccc4c3C[C@H]3COC(=O)N32)cc(C)c1OC(=O)N[C@@H](CCCCNC(=O)[C@H](CCCCNC(=O)CCCc1ccc(N(CCCl)CCCl)cc1)NC(=O)CCCc1ccc(N(CCCl)CCCl)cc1)C(=O)O. The van der Waals surface area contributed by atoms with Crippen LogP contribution in [0, 0.1) is 6.92 Å². The molecule has 2 aliphatic heterocycles. The van der Waals surface area contributed by atoms with Gasteiger partial charge in [-0.3, -0.25) is 19.3 Å². The number of alkyl halides is 4. The van der Waals surface area contributed by atoms with Gasteiger partial charge < -0.3 is 55.4 Å². The van der Waals surface area contributed by atoms with Crippen LogP contribution >= 0.6 is 46.4 Å². The molecule has 7 rings (SSSR count). The van der Waals surface area contributed by atoms with Crippen LogP contribution in [-0.2, 0) is 43.2 Å². The third kappa shape index (κ3) is 18.2. The molecule has 84 heavy (non-hydrogen) atoms. The fourth-order valence-corrected chi connectivity index (χ4v) is 11.8. The minimum Gasteiger partial charge on any atom is -0.493 e.